The lowest BCUT2D eigenvalue weighted by Gasteiger charge is -2.47. The van der Waals surface area contributed by atoms with Gasteiger partial charge in [-0.3, -0.25) is 0 Å². The van der Waals surface area contributed by atoms with E-state index >= 15 is 0 Å². The van der Waals surface area contributed by atoms with E-state index in [1.165, 1.54) is 38.5 Å². The van der Waals surface area contributed by atoms with E-state index in [0.29, 0.717) is 12.0 Å². The Morgan fingerprint density at radius 3 is 2.76 bits per heavy atom. The predicted octanol–water partition coefficient (Wildman–Crippen LogP) is 4.67. The van der Waals surface area contributed by atoms with Gasteiger partial charge in [0.2, 0.25) is 0 Å². The molecule has 114 valence electrons. The Hall–Kier alpha value is -1.09. The molecule has 3 aliphatic rings. The van der Waals surface area contributed by atoms with Gasteiger partial charge < -0.3 is 10.1 Å². The monoisotopic (exact) mass is 289 g/mol. The van der Waals surface area contributed by atoms with Crippen LogP contribution < -0.4 is 5.32 Å². The lowest BCUT2D eigenvalue weighted by molar-refractivity contribution is -0.0459. The van der Waals surface area contributed by atoms with Gasteiger partial charge in [0.05, 0.1) is 6.10 Å². The lowest BCUT2D eigenvalue weighted by Crippen LogP contribution is -2.46. The van der Waals surface area contributed by atoms with Crippen molar-refractivity contribution in [3.63, 3.8) is 0 Å². The standard InChI is InChI=1S/C18H24FNO/c19-13-8-9-16-15(11-13)18-14(7-4-10-21-18)17(20-16)12-5-2-1-3-6-12/h8-9,11-12,14,17-18,20H,1-7,10H2/t14-,17+,18-/m0/s1. The van der Waals surface area contributed by atoms with Crippen LogP contribution >= 0.6 is 0 Å². The van der Waals surface area contributed by atoms with E-state index in [1.54, 1.807) is 12.1 Å². The normalized spacial score (nSPS) is 32.9. The van der Waals surface area contributed by atoms with E-state index in [4.69, 9.17) is 4.74 Å². The SMILES string of the molecule is Fc1ccc2c(c1)[C@H]1OCCC[C@H]1[C@@H](C1CCCCC1)N2. The van der Waals surface area contributed by atoms with Crippen LogP contribution in [0.15, 0.2) is 18.2 Å². The fourth-order valence-electron chi connectivity index (χ4n) is 4.64. The molecule has 1 N–H and O–H groups in total. The van der Waals surface area contributed by atoms with Crippen LogP contribution in [0.2, 0.25) is 0 Å². The average molecular weight is 289 g/mol. The van der Waals surface area contributed by atoms with Gasteiger partial charge in [0.25, 0.3) is 0 Å². The third kappa shape index (κ3) is 2.46. The zero-order valence-corrected chi connectivity index (χ0v) is 12.5. The van der Waals surface area contributed by atoms with E-state index in [0.717, 1.165) is 30.2 Å². The van der Waals surface area contributed by atoms with Crippen molar-refractivity contribution in [1.82, 2.24) is 0 Å². The molecule has 0 unspecified atom stereocenters. The number of anilines is 1. The molecule has 2 heterocycles. The summed E-state index contributed by atoms with van der Waals surface area (Å²) in [5.41, 5.74) is 2.13. The number of halogens is 1. The van der Waals surface area contributed by atoms with Crippen molar-refractivity contribution in [2.45, 2.75) is 57.1 Å². The van der Waals surface area contributed by atoms with Gasteiger partial charge in [0.15, 0.2) is 0 Å². The molecule has 4 rings (SSSR count). The Morgan fingerprint density at radius 2 is 1.90 bits per heavy atom. The number of benzene rings is 1. The molecule has 2 nitrogen and oxygen atoms in total. The largest absolute Gasteiger partial charge is 0.381 e. The first-order valence-corrected chi connectivity index (χ1v) is 8.50. The van der Waals surface area contributed by atoms with Gasteiger partial charge in [0, 0.05) is 29.8 Å². The number of ether oxygens (including phenoxy) is 1. The summed E-state index contributed by atoms with van der Waals surface area (Å²) in [5.74, 6) is 1.11. The van der Waals surface area contributed by atoms with Gasteiger partial charge in [-0.05, 0) is 49.8 Å². The van der Waals surface area contributed by atoms with E-state index in [-0.39, 0.29) is 11.9 Å². The Morgan fingerprint density at radius 1 is 1.05 bits per heavy atom. The second-order valence-corrected chi connectivity index (χ2v) is 6.90. The zero-order valence-electron chi connectivity index (χ0n) is 12.5. The van der Waals surface area contributed by atoms with Crippen molar-refractivity contribution in [2.75, 3.05) is 11.9 Å². The Balaban J connectivity index is 1.68. The Bertz CT molecular complexity index is 512. The van der Waals surface area contributed by atoms with Crippen LogP contribution in [0, 0.1) is 17.7 Å². The molecule has 1 aliphatic carbocycles. The lowest BCUT2D eigenvalue weighted by atomic mass is 9.71. The van der Waals surface area contributed by atoms with Gasteiger partial charge in [-0.15, -0.1) is 0 Å². The van der Waals surface area contributed by atoms with Crippen LogP contribution in [0.4, 0.5) is 10.1 Å². The fraction of sp³-hybridized carbons (Fsp3) is 0.667. The van der Waals surface area contributed by atoms with Crippen LogP contribution in [0.1, 0.15) is 56.6 Å². The molecular formula is C18H24FNO. The van der Waals surface area contributed by atoms with Crippen molar-refractivity contribution in [3.05, 3.63) is 29.6 Å². The zero-order chi connectivity index (χ0) is 14.2. The molecule has 3 atom stereocenters. The van der Waals surface area contributed by atoms with Crippen LogP contribution in [0.25, 0.3) is 0 Å². The molecule has 0 amide bonds. The molecule has 0 bridgehead atoms. The number of nitrogens with one attached hydrogen (secondary N) is 1. The first-order valence-electron chi connectivity index (χ1n) is 8.50. The predicted molar refractivity (Wildman–Crippen MR) is 81.8 cm³/mol. The Labute approximate surface area is 126 Å². The molecule has 0 aromatic heterocycles. The quantitative estimate of drug-likeness (QED) is 0.811. The summed E-state index contributed by atoms with van der Waals surface area (Å²) in [4.78, 5) is 0. The van der Waals surface area contributed by atoms with Crippen molar-refractivity contribution in [1.29, 1.82) is 0 Å². The summed E-state index contributed by atoms with van der Waals surface area (Å²) in [6.45, 7) is 0.814. The number of hydrogen-bond acceptors (Lipinski definition) is 2. The van der Waals surface area contributed by atoms with Crippen molar-refractivity contribution >= 4 is 5.69 Å². The molecule has 2 aliphatic heterocycles. The van der Waals surface area contributed by atoms with Crippen LogP contribution in [-0.2, 0) is 4.74 Å². The van der Waals surface area contributed by atoms with Crippen molar-refractivity contribution < 1.29 is 9.13 Å². The minimum atomic E-state index is -0.153. The highest BCUT2D eigenvalue weighted by Crippen LogP contribution is 2.47. The summed E-state index contributed by atoms with van der Waals surface area (Å²) < 4.78 is 19.7. The molecular weight excluding hydrogens is 265 g/mol. The second kappa shape index (κ2) is 5.60. The summed E-state index contributed by atoms with van der Waals surface area (Å²) in [6, 6.07) is 5.64. The Kier molecular flexibility index (Phi) is 3.62. The molecule has 0 spiro atoms. The van der Waals surface area contributed by atoms with Gasteiger partial charge in [-0.1, -0.05) is 19.3 Å². The van der Waals surface area contributed by atoms with Crippen LogP contribution in [0.5, 0.6) is 0 Å². The van der Waals surface area contributed by atoms with Crippen molar-refractivity contribution in [3.8, 4) is 0 Å². The molecule has 1 aromatic carbocycles. The maximum absolute atomic E-state index is 13.6. The summed E-state index contributed by atoms with van der Waals surface area (Å²) in [6.07, 6.45) is 9.20. The molecule has 1 saturated carbocycles. The molecule has 2 fully saturated rings. The third-order valence-electron chi connectivity index (χ3n) is 5.63. The van der Waals surface area contributed by atoms with Crippen molar-refractivity contribution in [2.24, 2.45) is 11.8 Å². The van der Waals surface area contributed by atoms with E-state index in [9.17, 15) is 4.39 Å². The number of hydrogen-bond donors (Lipinski definition) is 1. The molecule has 21 heavy (non-hydrogen) atoms. The van der Waals surface area contributed by atoms with E-state index in [2.05, 4.69) is 5.32 Å². The first kappa shape index (κ1) is 13.6. The molecule has 1 aromatic rings. The van der Waals surface area contributed by atoms with E-state index in [1.807, 2.05) is 6.07 Å². The summed E-state index contributed by atoms with van der Waals surface area (Å²) in [5, 5.41) is 3.75. The molecule has 0 radical (unpaired) electrons. The fourth-order valence-corrected chi connectivity index (χ4v) is 4.64. The number of rotatable bonds is 1. The smallest absolute Gasteiger partial charge is 0.123 e. The topological polar surface area (TPSA) is 21.3 Å². The van der Waals surface area contributed by atoms with Gasteiger partial charge in [-0.25, -0.2) is 4.39 Å². The highest BCUT2D eigenvalue weighted by atomic mass is 19.1. The number of fused-ring (bicyclic) bond motifs is 3. The summed E-state index contributed by atoms with van der Waals surface area (Å²) >= 11 is 0. The van der Waals surface area contributed by atoms with E-state index < -0.39 is 0 Å². The van der Waals surface area contributed by atoms with Gasteiger partial charge >= 0.3 is 0 Å². The van der Waals surface area contributed by atoms with Crippen LogP contribution in [0.3, 0.4) is 0 Å². The first-order chi connectivity index (χ1) is 10.3. The minimum Gasteiger partial charge on any atom is -0.381 e. The van der Waals surface area contributed by atoms with Gasteiger partial charge in [-0.2, -0.15) is 0 Å². The highest BCUT2D eigenvalue weighted by molar-refractivity contribution is 5.56. The van der Waals surface area contributed by atoms with Gasteiger partial charge in [0.1, 0.15) is 5.82 Å². The minimum absolute atomic E-state index is 0.0950. The maximum atomic E-state index is 13.6. The average Bonchev–Trinajstić information content (AvgIpc) is 2.55. The second-order valence-electron chi connectivity index (χ2n) is 6.90. The summed E-state index contributed by atoms with van der Waals surface area (Å²) in [7, 11) is 0. The maximum Gasteiger partial charge on any atom is 0.123 e. The third-order valence-corrected chi connectivity index (χ3v) is 5.63. The molecule has 1 saturated heterocycles. The highest BCUT2D eigenvalue weighted by Gasteiger charge is 2.42. The molecule has 3 heteroatoms. The van der Waals surface area contributed by atoms with Crippen LogP contribution in [-0.4, -0.2) is 12.6 Å².